The Hall–Kier alpha value is -2.55. The van der Waals surface area contributed by atoms with E-state index in [-0.39, 0.29) is 0 Å². The van der Waals surface area contributed by atoms with Crippen LogP contribution in [0.3, 0.4) is 0 Å². The Bertz CT molecular complexity index is 797. The number of hydrogen-bond acceptors (Lipinski definition) is 3. The van der Waals surface area contributed by atoms with E-state index < -0.39 is 0 Å². The lowest BCUT2D eigenvalue weighted by Gasteiger charge is -2.09. The number of nitrogens with zero attached hydrogens (tertiary/aromatic N) is 1. The molecule has 1 aliphatic heterocycles. The number of fused-ring (bicyclic) bond motifs is 2. The molecule has 0 spiro atoms. The van der Waals surface area contributed by atoms with Crippen molar-refractivity contribution in [3.63, 3.8) is 0 Å². The molecule has 0 saturated heterocycles. The molecule has 3 nitrogen and oxygen atoms in total. The van der Waals surface area contributed by atoms with Gasteiger partial charge in [-0.15, -0.1) is 0 Å². The van der Waals surface area contributed by atoms with E-state index >= 15 is 0 Å². The van der Waals surface area contributed by atoms with Gasteiger partial charge in [0.15, 0.2) is 11.5 Å². The molecule has 1 aliphatic rings. The van der Waals surface area contributed by atoms with Crippen LogP contribution in [0.4, 0.5) is 0 Å². The van der Waals surface area contributed by atoms with Crippen molar-refractivity contribution in [2.24, 2.45) is 0 Å². The average Bonchev–Trinajstić information content (AvgIpc) is 2.94. The molecule has 0 N–H and O–H groups in total. The zero-order valence-corrected chi connectivity index (χ0v) is 11.1. The maximum absolute atomic E-state index is 5.46. The first-order valence-corrected chi connectivity index (χ1v) is 6.57. The molecule has 0 fully saturated rings. The van der Waals surface area contributed by atoms with E-state index in [1.54, 1.807) is 0 Å². The summed E-state index contributed by atoms with van der Waals surface area (Å²) in [6.45, 7) is 2.39. The summed E-state index contributed by atoms with van der Waals surface area (Å²) in [6.07, 6.45) is 1.90. The number of ether oxygens (including phenoxy) is 2. The molecule has 4 rings (SSSR count). The summed E-state index contributed by atoms with van der Waals surface area (Å²) >= 11 is 0. The quantitative estimate of drug-likeness (QED) is 0.666. The Morgan fingerprint density at radius 1 is 1.00 bits per heavy atom. The van der Waals surface area contributed by atoms with Gasteiger partial charge >= 0.3 is 0 Å². The summed E-state index contributed by atoms with van der Waals surface area (Å²) < 4.78 is 10.9. The maximum atomic E-state index is 5.46. The molecule has 20 heavy (non-hydrogen) atoms. The van der Waals surface area contributed by atoms with Gasteiger partial charge < -0.3 is 9.47 Å². The van der Waals surface area contributed by atoms with Gasteiger partial charge in [0.2, 0.25) is 6.79 Å². The van der Waals surface area contributed by atoms with Gasteiger partial charge in [-0.1, -0.05) is 30.3 Å². The molecule has 3 aromatic rings. The number of benzene rings is 2. The molecule has 0 atom stereocenters. The standard InChI is InChI=1S/C17H13NO2/c1-11-14-8-16-15(19-10-20-16)7-13(14)9-18-17(11)12-5-3-2-4-6-12/h2-9H,10H2,1H3. The number of pyridine rings is 1. The van der Waals surface area contributed by atoms with Crippen molar-refractivity contribution in [1.82, 2.24) is 4.98 Å². The van der Waals surface area contributed by atoms with Crippen LogP contribution in [-0.2, 0) is 0 Å². The minimum Gasteiger partial charge on any atom is -0.454 e. The summed E-state index contributed by atoms with van der Waals surface area (Å²) in [5, 5.41) is 2.23. The number of rotatable bonds is 1. The van der Waals surface area contributed by atoms with Gasteiger partial charge in [-0.3, -0.25) is 4.98 Å². The van der Waals surface area contributed by atoms with E-state index in [1.165, 1.54) is 0 Å². The predicted octanol–water partition coefficient (Wildman–Crippen LogP) is 3.94. The Morgan fingerprint density at radius 3 is 2.55 bits per heavy atom. The number of aromatic nitrogens is 1. The third kappa shape index (κ3) is 1.63. The lowest BCUT2D eigenvalue weighted by Crippen LogP contribution is -1.92. The van der Waals surface area contributed by atoms with Crippen LogP contribution in [0.15, 0.2) is 48.7 Å². The van der Waals surface area contributed by atoms with E-state index in [1.807, 2.05) is 36.5 Å². The number of aryl methyl sites for hydroxylation is 1. The van der Waals surface area contributed by atoms with Gasteiger partial charge in [-0.25, -0.2) is 0 Å². The maximum Gasteiger partial charge on any atom is 0.231 e. The van der Waals surface area contributed by atoms with Crippen molar-refractivity contribution in [1.29, 1.82) is 0 Å². The lowest BCUT2D eigenvalue weighted by molar-refractivity contribution is 0.174. The minimum atomic E-state index is 0.295. The highest BCUT2D eigenvalue weighted by Gasteiger charge is 2.16. The van der Waals surface area contributed by atoms with Crippen molar-refractivity contribution in [3.8, 4) is 22.8 Å². The van der Waals surface area contributed by atoms with Crippen molar-refractivity contribution in [2.75, 3.05) is 6.79 Å². The van der Waals surface area contributed by atoms with Crippen molar-refractivity contribution >= 4 is 10.8 Å². The van der Waals surface area contributed by atoms with Gasteiger partial charge in [-0.05, 0) is 30.0 Å². The Labute approximate surface area is 116 Å². The SMILES string of the molecule is Cc1c(-c2ccccc2)ncc2cc3c(cc12)OCO3. The van der Waals surface area contributed by atoms with Crippen LogP contribution < -0.4 is 9.47 Å². The molecular weight excluding hydrogens is 250 g/mol. The Kier molecular flexibility index (Phi) is 2.39. The van der Waals surface area contributed by atoms with Gasteiger partial charge in [-0.2, -0.15) is 0 Å². The highest BCUT2D eigenvalue weighted by molar-refractivity contribution is 5.92. The fourth-order valence-electron chi connectivity index (χ4n) is 2.63. The van der Waals surface area contributed by atoms with Crippen LogP contribution in [-0.4, -0.2) is 11.8 Å². The average molecular weight is 263 g/mol. The van der Waals surface area contributed by atoms with E-state index in [9.17, 15) is 0 Å². The zero-order valence-electron chi connectivity index (χ0n) is 11.1. The smallest absolute Gasteiger partial charge is 0.231 e. The van der Waals surface area contributed by atoms with E-state index in [0.717, 1.165) is 39.1 Å². The highest BCUT2D eigenvalue weighted by atomic mass is 16.7. The first-order valence-electron chi connectivity index (χ1n) is 6.57. The summed E-state index contributed by atoms with van der Waals surface area (Å²) in [5.41, 5.74) is 3.30. The first kappa shape index (κ1) is 11.3. The lowest BCUT2D eigenvalue weighted by atomic mass is 10.0. The molecule has 0 saturated carbocycles. The molecular formula is C17H13NO2. The van der Waals surface area contributed by atoms with Gasteiger partial charge in [0.05, 0.1) is 5.69 Å². The summed E-state index contributed by atoms with van der Waals surface area (Å²) in [7, 11) is 0. The monoisotopic (exact) mass is 263 g/mol. The summed E-state index contributed by atoms with van der Waals surface area (Å²) in [5.74, 6) is 1.61. The van der Waals surface area contributed by atoms with Crippen LogP contribution in [0, 0.1) is 6.92 Å². The van der Waals surface area contributed by atoms with Crippen molar-refractivity contribution in [2.45, 2.75) is 6.92 Å². The minimum absolute atomic E-state index is 0.295. The van der Waals surface area contributed by atoms with Crippen LogP contribution in [0.25, 0.3) is 22.0 Å². The first-order chi connectivity index (χ1) is 9.83. The second-order valence-corrected chi connectivity index (χ2v) is 4.89. The van der Waals surface area contributed by atoms with Crippen molar-refractivity contribution in [3.05, 3.63) is 54.2 Å². The molecule has 3 heteroatoms. The molecule has 0 aliphatic carbocycles. The third-order valence-electron chi connectivity index (χ3n) is 3.68. The molecule has 2 aromatic carbocycles. The third-order valence-corrected chi connectivity index (χ3v) is 3.68. The molecule has 2 heterocycles. The summed E-state index contributed by atoms with van der Waals surface area (Å²) in [4.78, 5) is 4.61. The predicted molar refractivity (Wildman–Crippen MR) is 78.0 cm³/mol. The van der Waals surface area contributed by atoms with Gasteiger partial charge in [0.25, 0.3) is 0 Å². The van der Waals surface area contributed by atoms with Gasteiger partial charge in [0, 0.05) is 17.1 Å². The fraction of sp³-hybridized carbons (Fsp3) is 0.118. The normalized spacial score (nSPS) is 12.8. The van der Waals surface area contributed by atoms with E-state index in [2.05, 4.69) is 24.0 Å². The zero-order chi connectivity index (χ0) is 13.5. The molecule has 0 bridgehead atoms. The molecule has 0 radical (unpaired) electrons. The largest absolute Gasteiger partial charge is 0.454 e. The summed E-state index contributed by atoms with van der Waals surface area (Å²) in [6, 6.07) is 14.3. The molecule has 0 amide bonds. The van der Waals surface area contributed by atoms with Crippen LogP contribution in [0.2, 0.25) is 0 Å². The van der Waals surface area contributed by atoms with E-state index in [0.29, 0.717) is 6.79 Å². The fourth-order valence-corrected chi connectivity index (χ4v) is 2.63. The second kappa shape index (κ2) is 4.23. The van der Waals surface area contributed by atoms with Crippen LogP contribution in [0.5, 0.6) is 11.5 Å². The van der Waals surface area contributed by atoms with Crippen LogP contribution in [0.1, 0.15) is 5.56 Å². The second-order valence-electron chi connectivity index (χ2n) is 4.89. The molecule has 98 valence electrons. The van der Waals surface area contributed by atoms with Gasteiger partial charge in [0.1, 0.15) is 0 Å². The Morgan fingerprint density at radius 2 is 1.75 bits per heavy atom. The number of hydrogen-bond donors (Lipinski definition) is 0. The van der Waals surface area contributed by atoms with Crippen molar-refractivity contribution < 1.29 is 9.47 Å². The highest BCUT2D eigenvalue weighted by Crippen LogP contribution is 2.38. The van der Waals surface area contributed by atoms with Crippen LogP contribution >= 0.6 is 0 Å². The van der Waals surface area contributed by atoms with E-state index in [4.69, 9.17) is 9.47 Å². The topological polar surface area (TPSA) is 31.4 Å². The Balaban J connectivity index is 1.97. The molecule has 1 aromatic heterocycles. The molecule has 0 unspecified atom stereocenters.